The van der Waals surface area contributed by atoms with Crippen LogP contribution in [0.5, 0.6) is 0 Å². The van der Waals surface area contributed by atoms with Gasteiger partial charge in [-0.15, -0.1) is 0 Å². The molecule has 4 rings (SSSR count). The summed E-state index contributed by atoms with van der Waals surface area (Å²) in [7, 11) is 0. The van der Waals surface area contributed by atoms with Crippen LogP contribution in [0.15, 0.2) is 53.6 Å². The summed E-state index contributed by atoms with van der Waals surface area (Å²) in [5, 5.41) is 0. The van der Waals surface area contributed by atoms with E-state index in [2.05, 4.69) is 14.9 Å². The van der Waals surface area contributed by atoms with Crippen molar-refractivity contribution >= 4 is 11.6 Å². The van der Waals surface area contributed by atoms with E-state index in [1.165, 1.54) is 0 Å². The first-order valence-electron chi connectivity index (χ1n) is 8.71. The summed E-state index contributed by atoms with van der Waals surface area (Å²) in [6.07, 6.45) is 8.87. The second-order valence-corrected chi connectivity index (χ2v) is 6.32. The summed E-state index contributed by atoms with van der Waals surface area (Å²) >= 11 is 0. The lowest BCUT2D eigenvalue weighted by Crippen LogP contribution is -2.40. The van der Waals surface area contributed by atoms with Crippen molar-refractivity contribution in [2.45, 2.75) is 25.6 Å². The van der Waals surface area contributed by atoms with E-state index in [0.29, 0.717) is 18.2 Å². The number of aromatic nitrogens is 3. The predicted octanol–water partition coefficient (Wildman–Crippen LogP) is 2.90. The Labute approximate surface area is 151 Å². The average Bonchev–Trinajstić information content (AvgIpc) is 3.23. The third kappa shape index (κ3) is 3.67. The number of hydrogen-bond donors (Lipinski definition) is 1. The van der Waals surface area contributed by atoms with Gasteiger partial charge in [-0.05, 0) is 31.0 Å². The number of anilines is 2. The summed E-state index contributed by atoms with van der Waals surface area (Å²) in [5.41, 5.74) is 8.67. The van der Waals surface area contributed by atoms with E-state index in [0.717, 1.165) is 42.9 Å². The van der Waals surface area contributed by atoms with Crippen LogP contribution in [-0.2, 0) is 11.3 Å². The maximum absolute atomic E-state index is 6.09. The standard InChI is InChI=1S/C19H21N5O2/c20-18-19(23-17(10-22-18)14-6-9-25-12-14)24-8-3-5-16(11-24)26-13-15-4-1-2-7-21-15/h1-2,4,6-7,9-10,12,16H,3,5,8,11,13H2,(H2,20,22). The maximum atomic E-state index is 6.09. The molecule has 2 N–H and O–H groups in total. The molecule has 1 saturated heterocycles. The molecule has 1 atom stereocenters. The van der Waals surface area contributed by atoms with Crippen molar-refractivity contribution in [2.75, 3.05) is 23.7 Å². The van der Waals surface area contributed by atoms with E-state index in [9.17, 15) is 0 Å². The largest absolute Gasteiger partial charge is 0.472 e. The molecule has 4 heterocycles. The van der Waals surface area contributed by atoms with Crippen LogP contribution < -0.4 is 10.6 Å². The zero-order chi connectivity index (χ0) is 17.8. The fourth-order valence-corrected chi connectivity index (χ4v) is 3.12. The van der Waals surface area contributed by atoms with Crippen molar-refractivity contribution in [3.8, 4) is 11.3 Å². The Hall–Kier alpha value is -2.93. The van der Waals surface area contributed by atoms with Crippen molar-refractivity contribution < 1.29 is 9.15 Å². The maximum Gasteiger partial charge on any atom is 0.172 e. The third-order valence-electron chi connectivity index (χ3n) is 4.47. The molecule has 1 aliphatic rings. The SMILES string of the molecule is Nc1ncc(-c2ccoc2)nc1N1CCCC(OCc2ccccn2)C1. The van der Waals surface area contributed by atoms with Gasteiger partial charge in [0.25, 0.3) is 0 Å². The number of furan rings is 1. The van der Waals surface area contributed by atoms with Crippen LogP contribution in [-0.4, -0.2) is 34.1 Å². The smallest absolute Gasteiger partial charge is 0.172 e. The van der Waals surface area contributed by atoms with E-state index >= 15 is 0 Å². The molecule has 7 heteroatoms. The highest BCUT2D eigenvalue weighted by Crippen LogP contribution is 2.27. The van der Waals surface area contributed by atoms with Crippen LogP contribution in [0.4, 0.5) is 11.6 Å². The molecule has 3 aromatic heterocycles. The van der Waals surface area contributed by atoms with E-state index in [1.807, 2.05) is 24.3 Å². The highest BCUT2D eigenvalue weighted by atomic mass is 16.5. The third-order valence-corrected chi connectivity index (χ3v) is 4.47. The lowest BCUT2D eigenvalue weighted by atomic mass is 10.1. The first-order chi connectivity index (χ1) is 12.8. The Balaban J connectivity index is 1.46. The summed E-state index contributed by atoms with van der Waals surface area (Å²) in [4.78, 5) is 15.5. The number of rotatable bonds is 5. The van der Waals surface area contributed by atoms with Gasteiger partial charge in [0.05, 0.1) is 42.8 Å². The van der Waals surface area contributed by atoms with Gasteiger partial charge in [0.2, 0.25) is 0 Å². The summed E-state index contributed by atoms with van der Waals surface area (Å²) in [6, 6.07) is 7.70. The number of ether oxygens (including phenoxy) is 1. The van der Waals surface area contributed by atoms with Crippen molar-refractivity contribution in [1.82, 2.24) is 15.0 Å². The molecule has 134 valence electrons. The first kappa shape index (κ1) is 16.5. The molecule has 0 aromatic carbocycles. The highest BCUT2D eigenvalue weighted by molar-refractivity contribution is 5.65. The van der Waals surface area contributed by atoms with Gasteiger partial charge in [-0.1, -0.05) is 6.07 Å². The molecule has 0 amide bonds. The van der Waals surface area contributed by atoms with Crippen LogP contribution in [0.3, 0.4) is 0 Å². The molecular weight excluding hydrogens is 330 g/mol. The molecule has 7 nitrogen and oxygen atoms in total. The van der Waals surface area contributed by atoms with Crippen molar-refractivity contribution in [3.05, 3.63) is 54.9 Å². The molecule has 1 unspecified atom stereocenters. The molecule has 3 aromatic rings. The van der Waals surface area contributed by atoms with Crippen LogP contribution in [0.2, 0.25) is 0 Å². The zero-order valence-electron chi connectivity index (χ0n) is 14.4. The average molecular weight is 351 g/mol. The number of pyridine rings is 1. The number of nitrogens with two attached hydrogens (primary N) is 1. The number of nitrogens with zero attached hydrogens (tertiary/aromatic N) is 4. The Morgan fingerprint density at radius 3 is 3.04 bits per heavy atom. The van der Waals surface area contributed by atoms with E-state index in [1.54, 1.807) is 24.9 Å². The monoisotopic (exact) mass is 351 g/mol. The second kappa shape index (κ2) is 7.53. The minimum atomic E-state index is 0.115. The zero-order valence-corrected chi connectivity index (χ0v) is 14.4. The predicted molar refractivity (Wildman–Crippen MR) is 98.4 cm³/mol. The van der Waals surface area contributed by atoms with Gasteiger partial charge in [0, 0.05) is 24.8 Å². The van der Waals surface area contributed by atoms with Crippen molar-refractivity contribution in [1.29, 1.82) is 0 Å². The Bertz CT molecular complexity index is 838. The van der Waals surface area contributed by atoms with Gasteiger partial charge < -0.3 is 19.8 Å². The fourth-order valence-electron chi connectivity index (χ4n) is 3.12. The number of piperidine rings is 1. The van der Waals surface area contributed by atoms with E-state index in [-0.39, 0.29) is 6.10 Å². The fraction of sp³-hybridized carbons (Fsp3) is 0.316. The first-order valence-corrected chi connectivity index (χ1v) is 8.71. The number of nitrogen functional groups attached to an aromatic ring is 1. The van der Waals surface area contributed by atoms with Crippen molar-refractivity contribution in [2.24, 2.45) is 0 Å². The van der Waals surface area contributed by atoms with Gasteiger partial charge >= 0.3 is 0 Å². The van der Waals surface area contributed by atoms with Crippen LogP contribution in [0.25, 0.3) is 11.3 Å². The van der Waals surface area contributed by atoms with Gasteiger partial charge in [0.15, 0.2) is 11.6 Å². The topological polar surface area (TPSA) is 90.3 Å². The molecule has 1 aliphatic heterocycles. The molecule has 0 saturated carbocycles. The quantitative estimate of drug-likeness (QED) is 0.756. The minimum absolute atomic E-state index is 0.115. The number of hydrogen-bond acceptors (Lipinski definition) is 7. The van der Waals surface area contributed by atoms with Crippen molar-refractivity contribution in [3.63, 3.8) is 0 Å². The second-order valence-electron chi connectivity index (χ2n) is 6.32. The lowest BCUT2D eigenvalue weighted by Gasteiger charge is -2.33. The van der Waals surface area contributed by atoms with Crippen LogP contribution in [0, 0.1) is 0 Å². The molecule has 0 spiro atoms. The molecule has 0 bridgehead atoms. The van der Waals surface area contributed by atoms with Gasteiger partial charge in [-0.25, -0.2) is 9.97 Å². The highest BCUT2D eigenvalue weighted by Gasteiger charge is 2.24. The van der Waals surface area contributed by atoms with E-state index < -0.39 is 0 Å². The summed E-state index contributed by atoms with van der Waals surface area (Å²) < 4.78 is 11.2. The Morgan fingerprint density at radius 2 is 2.23 bits per heavy atom. The Kier molecular flexibility index (Phi) is 4.79. The normalized spacial score (nSPS) is 17.4. The molecule has 0 radical (unpaired) electrons. The van der Waals surface area contributed by atoms with Crippen LogP contribution in [0.1, 0.15) is 18.5 Å². The minimum Gasteiger partial charge on any atom is -0.472 e. The summed E-state index contributed by atoms with van der Waals surface area (Å²) in [5.74, 6) is 1.14. The summed E-state index contributed by atoms with van der Waals surface area (Å²) in [6.45, 7) is 2.13. The lowest BCUT2D eigenvalue weighted by molar-refractivity contribution is 0.0297. The Morgan fingerprint density at radius 1 is 1.27 bits per heavy atom. The van der Waals surface area contributed by atoms with Gasteiger partial charge in [-0.3, -0.25) is 4.98 Å². The molecule has 0 aliphatic carbocycles. The molecular formula is C19H21N5O2. The van der Waals surface area contributed by atoms with Gasteiger partial charge in [0.1, 0.15) is 0 Å². The van der Waals surface area contributed by atoms with Crippen LogP contribution >= 0.6 is 0 Å². The van der Waals surface area contributed by atoms with E-state index in [4.69, 9.17) is 19.9 Å². The molecule has 26 heavy (non-hydrogen) atoms. The van der Waals surface area contributed by atoms with Gasteiger partial charge in [-0.2, -0.15) is 0 Å². The molecule has 1 fully saturated rings.